The van der Waals surface area contributed by atoms with Crippen LogP contribution in [0.15, 0.2) is 0 Å². The van der Waals surface area contributed by atoms with Crippen molar-refractivity contribution in [3.8, 4) is 0 Å². The first-order valence-corrected chi connectivity index (χ1v) is 23.4. The summed E-state index contributed by atoms with van der Waals surface area (Å²) in [6, 6.07) is 0. The maximum Gasteiger partial charge on any atom is 0.472 e. The summed E-state index contributed by atoms with van der Waals surface area (Å²) in [5.41, 5.74) is 0. The van der Waals surface area contributed by atoms with Gasteiger partial charge in [-0.05, 0) is 25.7 Å². The van der Waals surface area contributed by atoms with Crippen molar-refractivity contribution < 1.29 is 42.0 Å². The average Bonchev–Trinajstić information content (AvgIpc) is 3.85. The van der Waals surface area contributed by atoms with Crippen molar-refractivity contribution in [1.29, 1.82) is 0 Å². The summed E-state index contributed by atoms with van der Waals surface area (Å²) in [5.74, 6) is -0.318. The molecule has 1 saturated heterocycles. The number of phosphoric acid groups is 1. The van der Waals surface area contributed by atoms with Gasteiger partial charge in [-0.15, -0.1) is 0 Å². The molecule has 9 nitrogen and oxygen atoms in total. The van der Waals surface area contributed by atoms with Crippen molar-refractivity contribution in [2.24, 2.45) is 0 Å². The predicted octanol–water partition coefficient (Wildman–Crippen LogP) is 11.5. The molecule has 1 N–H and O–H groups in total. The van der Waals surface area contributed by atoms with E-state index in [0.717, 1.165) is 32.1 Å². The van der Waals surface area contributed by atoms with E-state index >= 15 is 0 Å². The van der Waals surface area contributed by atoms with Crippen LogP contribution in [0.5, 0.6) is 0 Å². The van der Waals surface area contributed by atoms with E-state index in [0.29, 0.717) is 36.3 Å². The lowest BCUT2D eigenvalue weighted by molar-refractivity contribution is -0.870. The maximum absolute atomic E-state index is 12.7. The number of hydrogen-bond donors (Lipinski definition) is 1. The van der Waals surface area contributed by atoms with E-state index in [9.17, 15) is 14.3 Å². The molecule has 0 bridgehead atoms. The number of phosphoric ester groups is 1. The zero-order valence-corrected chi connectivity index (χ0v) is 35.7. The van der Waals surface area contributed by atoms with Gasteiger partial charge in [0.05, 0.1) is 46.6 Å². The normalized spacial score (nSPS) is 17.7. The van der Waals surface area contributed by atoms with Crippen molar-refractivity contribution in [2.45, 2.75) is 212 Å². The lowest BCUT2D eigenvalue weighted by Crippen LogP contribution is -2.37. The van der Waals surface area contributed by atoms with E-state index in [-0.39, 0.29) is 25.8 Å². The zero-order valence-electron chi connectivity index (χ0n) is 34.8. The minimum atomic E-state index is -4.27. The fourth-order valence-corrected chi connectivity index (χ4v) is 7.32. The maximum atomic E-state index is 12.7. The second-order valence-corrected chi connectivity index (χ2v) is 17.9. The van der Waals surface area contributed by atoms with Crippen LogP contribution < -0.4 is 0 Å². The van der Waals surface area contributed by atoms with Gasteiger partial charge < -0.3 is 23.6 Å². The van der Waals surface area contributed by atoms with Gasteiger partial charge in [-0.25, -0.2) is 4.57 Å². The number of carbonyl (C=O) groups excluding carboxylic acids is 1. The van der Waals surface area contributed by atoms with Crippen molar-refractivity contribution in [1.82, 2.24) is 0 Å². The van der Waals surface area contributed by atoms with Crippen LogP contribution in [0.3, 0.4) is 0 Å². The highest BCUT2D eigenvalue weighted by Crippen LogP contribution is 2.43. The smallest absolute Gasteiger partial charge is 0.457 e. The van der Waals surface area contributed by atoms with E-state index in [1.54, 1.807) is 0 Å². The van der Waals surface area contributed by atoms with Gasteiger partial charge in [0.25, 0.3) is 0 Å². The first-order valence-electron chi connectivity index (χ1n) is 21.9. The molecule has 4 atom stereocenters. The van der Waals surface area contributed by atoms with E-state index in [1.807, 2.05) is 21.1 Å². The molecule has 0 amide bonds. The Kier molecular flexibility index (Phi) is 31.1. The molecule has 1 fully saturated rings. The highest BCUT2D eigenvalue weighted by molar-refractivity contribution is 7.47. The molecule has 10 heteroatoms. The number of esters is 1. The van der Waals surface area contributed by atoms with Crippen LogP contribution in [0.2, 0.25) is 0 Å². The lowest BCUT2D eigenvalue weighted by atomic mass is 10.0. The number of unbranched alkanes of at least 4 members (excludes halogenated alkanes) is 22. The number of carbonyl (C=O) groups is 1. The molecule has 0 aromatic rings. The Balaban J connectivity index is 2.20. The summed E-state index contributed by atoms with van der Waals surface area (Å²) in [5, 5.41) is 0. The molecule has 52 heavy (non-hydrogen) atoms. The van der Waals surface area contributed by atoms with Crippen LogP contribution in [-0.2, 0) is 32.6 Å². The Morgan fingerprint density at radius 2 is 1.06 bits per heavy atom. The summed E-state index contributed by atoms with van der Waals surface area (Å²) in [4.78, 5) is 22.9. The topological polar surface area (TPSA) is 104 Å². The molecule has 0 saturated carbocycles. The largest absolute Gasteiger partial charge is 0.472 e. The number of quaternary nitrogens is 1. The molecule has 0 aromatic carbocycles. The van der Waals surface area contributed by atoms with Crippen LogP contribution in [-0.4, -0.2) is 87.8 Å². The molecule has 0 radical (unpaired) electrons. The first-order chi connectivity index (χ1) is 25.1. The fraction of sp³-hybridized carbons (Fsp3) is 0.976. The standard InChI is InChI=1S/C42H84NO8P/c1-6-8-10-12-13-14-15-16-17-18-19-23-26-30-35-47-37-39(38-49-52(45,46)48-36-34-43(3,4)5)50-42(44)33-29-25-22-20-21-24-28-32-41-40(51-41)31-27-11-9-7-2/h39-41H,6-38H2,1-5H3/p+1. The van der Waals surface area contributed by atoms with E-state index < -0.39 is 13.9 Å². The Labute approximate surface area is 321 Å². The molecule has 1 rings (SSSR count). The summed E-state index contributed by atoms with van der Waals surface area (Å²) < 4.78 is 40.8. The van der Waals surface area contributed by atoms with Gasteiger partial charge in [0.1, 0.15) is 19.3 Å². The summed E-state index contributed by atoms with van der Waals surface area (Å²) >= 11 is 0. The second-order valence-electron chi connectivity index (χ2n) is 16.5. The molecular weight excluding hydrogens is 677 g/mol. The molecule has 0 spiro atoms. The number of likely N-dealkylation sites (N-methyl/N-ethyl adjacent to an activating group) is 1. The summed E-state index contributed by atoms with van der Waals surface area (Å²) in [6.45, 7) is 5.63. The Hall–Kier alpha value is -0.540. The van der Waals surface area contributed by atoms with Crippen LogP contribution >= 0.6 is 7.82 Å². The minimum Gasteiger partial charge on any atom is -0.457 e. The van der Waals surface area contributed by atoms with Gasteiger partial charge in [0, 0.05) is 13.0 Å². The molecular formula is C42H85NO8P+. The van der Waals surface area contributed by atoms with Crippen molar-refractivity contribution >= 4 is 13.8 Å². The predicted molar refractivity (Wildman–Crippen MR) is 215 cm³/mol. The highest BCUT2D eigenvalue weighted by atomic mass is 31.2. The van der Waals surface area contributed by atoms with Crippen molar-refractivity contribution in [3.05, 3.63) is 0 Å². The van der Waals surface area contributed by atoms with Crippen LogP contribution in [0.25, 0.3) is 0 Å². The average molecular weight is 763 g/mol. The number of epoxide rings is 1. The molecule has 0 aliphatic carbocycles. The Morgan fingerprint density at radius 1 is 0.615 bits per heavy atom. The quantitative estimate of drug-likeness (QED) is 0.0216. The third-order valence-corrected chi connectivity index (χ3v) is 11.1. The van der Waals surface area contributed by atoms with E-state index in [1.165, 1.54) is 141 Å². The lowest BCUT2D eigenvalue weighted by Gasteiger charge is -2.24. The number of ether oxygens (including phenoxy) is 3. The van der Waals surface area contributed by atoms with Gasteiger partial charge in [-0.3, -0.25) is 13.8 Å². The number of rotatable bonds is 40. The molecule has 1 heterocycles. The number of nitrogens with zero attached hydrogens (tertiary/aromatic N) is 1. The first kappa shape index (κ1) is 49.5. The Morgan fingerprint density at radius 3 is 1.56 bits per heavy atom. The van der Waals surface area contributed by atoms with Crippen LogP contribution in [0, 0.1) is 0 Å². The van der Waals surface area contributed by atoms with Crippen molar-refractivity contribution in [2.75, 3.05) is 54.1 Å². The molecule has 0 aromatic heterocycles. The van der Waals surface area contributed by atoms with E-state index in [4.69, 9.17) is 23.3 Å². The fourth-order valence-electron chi connectivity index (χ4n) is 6.58. The monoisotopic (exact) mass is 763 g/mol. The third-order valence-electron chi connectivity index (χ3n) is 10.1. The van der Waals surface area contributed by atoms with Gasteiger partial charge >= 0.3 is 13.8 Å². The van der Waals surface area contributed by atoms with Gasteiger partial charge in [0.15, 0.2) is 0 Å². The summed E-state index contributed by atoms with van der Waals surface area (Å²) in [7, 11) is 1.67. The highest BCUT2D eigenvalue weighted by Gasteiger charge is 2.36. The van der Waals surface area contributed by atoms with Gasteiger partial charge in [-0.2, -0.15) is 0 Å². The Bertz CT molecular complexity index is 869. The number of hydrogen-bond acceptors (Lipinski definition) is 7. The molecule has 4 unspecified atom stereocenters. The molecule has 310 valence electrons. The molecule has 1 aliphatic heterocycles. The summed E-state index contributed by atoms with van der Waals surface area (Å²) in [6.07, 6.45) is 34.3. The minimum absolute atomic E-state index is 0.0892. The zero-order chi connectivity index (χ0) is 38.2. The van der Waals surface area contributed by atoms with Crippen molar-refractivity contribution in [3.63, 3.8) is 0 Å². The van der Waals surface area contributed by atoms with Crippen LogP contribution in [0.1, 0.15) is 194 Å². The molecule has 1 aliphatic rings. The second kappa shape index (κ2) is 32.7. The van der Waals surface area contributed by atoms with Gasteiger partial charge in [0.2, 0.25) is 0 Å². The van der Waals surface area contributed by atoms with E-state index in [2.05, 4.69) is 13.8 Å². The van der Waals surface area contributed by atoms with Crippen LogP contribution in [0.4, 0.5) is 0 Å². The third kappa shape index (κ3) is 32.9. The SMILES string of the molecule is CCCCCCCCCCCCCCCCOCC(COP(=O)(O)OCC[N+](C)(C)C)OC(=O)CCCCCCCCCC1OC1CCCCCC. The van der Waals surface area contributed by atoms with Gasteiger partial charge in [-0.1, -0.05) is 162 Å².